The van der Waals surface area contributed by atoms with E-state index in [2.05, 4.69) is 4.98 Å². The molecular weight excluding hydrogens is 259 g/mol. The van der Waals surface area contributed by atoms with Crippen LogP contribution in [0.25, 0.3) is 10.9 Å². The second-order valence-corrected chi connectivity index (χ2v) is 5.38. The zero-order valence-corrected chi connectivity index (χ0v) is 11.0. The maximum atomic E-state index is 13.9. The molecule has 0 aliphatic heterocycles. The summed E-state index contributed by atoms with van der Waals surface area (Å²) in [7, 11) is 0. The third-order valence-corrected chi connectivity index (χ3v) is 3.95. The van der Waals surface area contributed by atoms with Crippen LogP contribution in [0.5, 0.6) is 0 Å². The predicted octanol–water partition coefficient (Wildman–Crippen LogP) is 3.92. The average Bonchev–Trinajstić information content (AvgIpc) is 2.83. The van der Waals surface area contributed by atoms with E-state index in [9.17, 15) is 4.39 Å². The van der Waals surface area contributed by atoms with Crippen molar-refractivity contribution in [3.05, 3.63) is 59.9 Å². The topological polar surface area (TPSA) is 41.8 Å². The molecule has 1 aromatic heterocycles. The van der Waals surface area contributed by atoms with Crippen LogP contribution in [0.15, 0.2) is 58.5 Å². The first-order valence-electron chi connectivity index (χ1n) is 6.00. The quantitative estimate of drug-likeness (QED) is 0.759. The molecule has 3 rings (SSSR count). The highest BCUT2D eigenvalue weighted by Crippen LogP contribution is 2.31. The van der Waals surface area contributed by atoms with E-state index < -0.39 is 0 Å². The van der Waals surface area contributed by atoms with E-state index in [-0.39, 0.29) is 5.82 Å². The van der Waals surface area contributed by atoms with E-state index in [1.54, 1.807) is 6.07 Å². The van der Waals surface area contributed by atoms with Crippen LogP contribution in [-0.2, 0) is 6.54 Å². The highest BCUT2D eigenvalue weighted by atomic mass is 32.2. The van der Waals surface area contributed by atoms with Gasteiger partial charge >= 0.3 is 0 Å². The molecule has 0 amide bonds. The smallest absolute Gasteiger partial charge is 0.137 e. The van der Waals surface area contributed by atoms with Crippen molar-refractivity contribution >= 4 is 22.7 Å². The van der Waals surface area contributed by atoms with Gasteiger partial charge in [-0.15, -0.1) is 0 Å². The lowest BCUT2D eigenvalue weighted by Crippen LogP contribution is -1.96. The fourth-order valence-electron chi connectivity index (χ4n) is 1.97. The molecule has 0 bridgehead atoms. The molecule has 4 heteroatoms. The molecule has 0 spiro atoms. The summed E-state index contributed by atoms with van der Waals surface area (Å²) in [6, 6.07) is 15.1. The number of aromatic nitrogens is 1. The molecule has 0 radical (unpaired) electrons. The lowest BCUT2D eigenvalue weighted by molar-refractivity contribution is 0.599. The van der Waals surface area contributed by atoms with E-state index in [1.165, 1.54) is 17.8 Å². The number of fused-ring (bicyclic) bond motifs is 1. The van der Waals surface area contributed by atoms with Crippen LogP contribution < -0.4 is 5.73 Å². The van der Waals surface area contributed by atoms with Gasteiger partial charge in [0.15, 0.2) is 0 Å². The molecule has 0 atom stereocenters. The van der Waals surface area contributed by atoms with Crippen LogP contribution >= 0.6 is 11.8 Å². The van der Waals surface area contributed by atoms with Crippen molar-refractivity contribution < 1.29 is 4.39 Å². The van der Waals surface area contributed by atoms with E-state index in [4.69, 9.17) is 5.73 Å². The Hall–Kier alpha value is -1.78. The van der Waals surface area contributed by atoms with Gasteiger partial charge in [-0.2, -0.15) is 0 Å². The van der Waals surface area contributed by atoms with Gasteiger partial charge in [0.25, 0.3) is 0 Å². The number of nitrogens with one attached hydrogen (secondary N) is 1. The van der Waals surface area contributed by atoms with Crippen molar-refractivity contribution in [1.29, 1.82) is 0 Å². The monoisotopic (exact) mass is 272 g/mol. The van der Waals surface area contributed by atoms with Gasteiger partial charge in [-0.05, 0) is 29.8 Å². The van der Waals surface area contributed by atoms with Crippen LogP contribution in [0.3, 0.4) is 0 Å². The summed E-state index contributed by atoms with van der Waals surface area (Å²) in [6.07, 6.45) is 0. The fourth-order valence-corrected chi connectivity index (χ4v) is 2.85. The normalized spacial score (nSPS) is 11.1. The number of rotatable bonds is 3. The Bertz CT molecular complexity index is 688. The molecule has 3 aromatic rings. The molecule has 2 nitrogen and oxygen atoms in total. The molecule has 0 fully saturated rings. The van der Waals surface area contributed by atoms with Crippen LogP contribution in [0.4, 0.5) is 4.39 Å². The van der Waals surface area contributed by atoms with Crippen molar-refractivity contribution in [2.75, 3.05) is 0 Å². The Morgan fingerprint density at radius 2 is 1.95 bits per heavy atom. The third kappa shape index (κ3) is 2.50. The average molecular weight is 272 g/mol. The maximum absolute atomic E-state index is 13.9. The van der Waals surface area contributed by atoms with E-state index in [0.717, 1.165) is 21.5 Å². The molecule has 1 heterocycles. The minimum absolute atomic E-state index is 0.230. The Morgan fingerprint density at radius 1 is 1.11 bits per heavy atom. The summed E-state index contributed by atoms with van der Waals surface area (Å²) < 4.78 is 13.9. The van der Waals surface area contributed by atoms with E-state index in [0.29, 0.717) is 11.4 Å². The first-order valence-corrected chi connectivity index (χ1v) is 6.82. The molecule has 2 aromatic carbocycles. The van der Waals surface area contributed by atoms with Gasteiger partial charge in [-0.1, -0.05) is 36.0 Å². The highest BCUT2D eigenvalue weighted by Gasteiger charge is 2.07. The largest absolute Gasteiger partial charge is 0.349 e. The summed E-state index contributed by atoms with van der Waals surface area (Å²) in [5.74, 6) is -0.230. The number of aromatic amines is 1. The molecular formula is C15H13FN2S. The standard InChI is InChI=1S/C15H13FN2S/c16-12-7-10(9-17)5-6-14(12)19-15-8-11-3-1-2-4-13(11)18-15/h1-8,18H,9,17H2. The number of H-pyrrole nitrogens is 1. The summed E-state index contributed by atoms with van der Waals surface area (Å²) >= 11 is 1.39. The molecule has 0 saturated carbocycles. The van der Waals surface area contributed by atoms with Gasteiger partial charge in [0, 0.05) is 22.3 Å². The molecule has 0 saturated heterocycles. The predicted molar refractivity (Wildman–Crippen MR) is 76.7 cm³/mol. The molecule has 96 valence electrons. The lowest BCUT2D eigenvalue weighted by atomic mass is 10.2. The minimum atomic E-state index is -0.230. The second-order valence-electron chi connectivity index (χ2n) is 4.29. The number of hydrogen-bond donors (Lipinski definition) is 2. The molecule has 0 unspecified atom stereocenters. The van der Waals surface area contributed by atoms with E-state index in [1.807, 2.05) is 36.4 Å². The van der Waals surface area contributed by atoms with Gasteiger partial charge in [-0.3, -0.25) is 0 Å². The van der Waals surface area contributed by atoms with Crippen LogP contribution in [-0.4, -0.2) is 4.98 Å². The number of nitrogens with two attached hydrogens (primary N) is 1. The van der Waals surface area contributed by atoms with Crippen LogP contribution in [0.1, 0.15) is 5.56 Å². The van der Waals surface area contributed by atoms with Crippen molar-refractivity contribution in [2.45, 2.75) is 16.5 Å². The summed E-state index contributed by atoms with van der Waals surface area (Å²) in [5, 5.41) is 2.06. The van der Waals surface area contributed by atoms with Gasteiger partial charge in [0.05, 0.1) is 5.03 Å². The lowest BCUT2D eigenvalue weighted by Gasteiger charge is -2.03. The van der Waals surface area contributed by atoms with Gasteiger partial charge in [0.1, 0.15) is 5.82 Å². The Kier molecular flexibility index (Phi) is 3.27. The minimum Gasteiger partial charge on any atom is -0.349 e. The zero-order chi connectivity index (χ0) is 13.2. The molecule has 0 aliphatic rings. The molecule has 3 N–H and O–H groups in total. The number of para-hydroxylation sites is 1. The fraction of sp³-hybridized carbons (Fsp3) is 0.0667. The second kappa shape index (κ2) is 5.07. The number of halogens is 1. The number of benzene rings is 2. The summed E-state index contributed by atoms with van der Waals surface area (Å²) in [4.78, 5) is 3.87. The number of hydrogen-bond acceptors (Lipinski definition) is 2. The van der Waals surface area contributed by atoms with Crippen LogP contribution in [0.2, 0.25) is 0 Å². The van der Waals surface area contributed by atoms with Gasteiger partial charge in [0.2, 0.25) is 0 Å². The van der Waals surface area contributed by atoms with E-state index >= 15 is 0 Å². The molecule has 0 aliphatic carbocycles. The summed E-state index contributed by atoms with van der Waals surface area (Å²) in [6.45, 7) is 0.355. The Balaban J connectivity index is 1.92. The third-order valence-electron chi connectivity index (χ3n) is 2.96. The van der Waals surface area contributed by atoms with Gasteiger partial charge in [-0.25, -0.2) is 4.39 Å². The zero-order valence-electron chi connectivity index (χ0n) is 10.2. The molecule has 19 heavy (non-hydrogen) atoms. The SMILES string of the molecule is NCc1ccc(Sc2cc3ccccc3[nH]2)c(F)c1. The first kappa shape index (κ1) is 12.3. The van der Waals surface area contributed by atoms with Crippen molar-refractivity contribution in [2.24, 2.45) is 5.73 Å². The highest BCUT2D eigenvalue weighted by molar-refractivity contribution is 7.99. The van der Waals surface area contributed by atoms with Crippen molar-refractivity contribution in [3.8, 4) is 0 Å². The van der Waals surface area contributed by atoms with Crippen molar-refractivity contribution in [3.63, 3.8) is 0 Å². The van der Waals surface area contributed by atoms with Gasteiger partial charge < -0.3 is 10.7 Å². The summed E-state index contributed by atoms with van der Waals surface area (Å²) in [5.41, 5.74) is 7.36. The Labute approximate surface area is 114 Å². The Morgan fingerprint density at radius 3 is 2.68 bits per heavy atom. The van der Waals surface area contributed by atoms with Crippen LogP contribution in [0, 0.1) is 5.82 Å². The van der Waals surface area contributed by atoms with Crippen molar-refractivity contribution in [1.82, 2.24) is 4.98 Å². The first-order chi connectivity index (χ1) is 9.26. The maximum Gasteiger partial charge on any atom is 0.137 e.